The molecule has 4 aromatic rings. The van der Waals surface area contributed by atoms with E-state index in [0.717, 1.165) is 25.1 Å². The molecule has 0 unspecified atom stereocenters. The topological polar surface area (TPSA) is 140 Å². The number of aromatic nitrogens is 5. The van der Waals surface area contributed by atoms with Gasteiger partial charge in [-0.05, 0) is 53.8 Å². The van der Waals surface area contributed by atoms with Gasteiger partial charge in [0.2, 0.25) is 11.6 Å². The van der Waals surface area contributed by atoms with Crippen molar-refractivity contribution >= 4 is 46.3 Å². The highest BCUT2D eigenvalue weighted by molar-refractivity contribution is 6.37. The molecule has 11 nitrogen and oxygen atoms in total. The van der Waals surface area contributed by atoms with Gasteiger partial charge in [0.15, 0.2) is 5.69 Å². The zero-order valence-corrected chi connectivity index (χ0v) is 20.7. The smallest absolute Gasteiger partial charge is 0.293 e. The molecule has 36 heavy (non-hydrogen) atoms. The summed E-state index contributed by atoms with van der Waals surface area (Å²) in [7, 11) is 0. The Morgan fingerprint density at radius 2 is 2.06 bits per heavy atom. The third-order valence-electron chi connectivity index (χ3n) is 5.87. The first-order valence-corrected chi connectivity index (χ1v) is 11.8. The van der Waals surface area contributed by atoms with E-state index in [1.165, 1.54) is 10.2 Å². The third kappa shape index (κ3) is 4.62. The monoisotopic (exact) mass is 525 g/mol. The van der Waals surface area contributed by atoms with Gasteiger partial charge in [0, 0.05) is 22.8 Å². The fourth-order valence-corrected chi connectivity index (χ4v) is 4.66. The largest absolute Gasteiger partial charge is 0.378 e. The van der Waals surface area contributed by atoms with Gasteiger partial charge < -0.3 is 10.6 Å². The van der Waals surface area contributed by atoms with E-state index in [0.29, 0.717) is 33.6 Å². The first-order chi connectivity index (χ1) is 17.4. The van der Waals surface area contributed by atoms with Gasteiger partial charge in [0.25, 0.3) is 5.91 Å². The Balaban J connectivity index is 1.47. The number of halogens is 2. The Morgan fingerprint density at radius 1 is 1.22 bits per heavy atom. The highest BCUT2D eigenvalue weighted by Crippen LogP contribution is 2.29. The minimum Gasteiger partial charge on any atom is -0.378 e. The lowest BCUT2D eigenvalue weighted by Crippen LogP contribution is -2.31. The lowest BCUT2D eigenvalue weighted by Gasteiger charge is -2.31. The maximum absolute atomic E-state index is 13.2. The third-order valence-corrected chi connectivity index (χ3v) is 6.42. The lowest BCUT2D eigenvalue weighted by atomic mass is 10.0. The molecular weight excluding hydrogens is 505 g/mol. The van der Waals surface area contributed by atoms with Crippen molar-refractivity contribution in [3.05, 3.63) is 75.0 Å². The molecule has 2 aromatic heterocycles. The van der Waals surface area contributed by atoms with E-state index in [1.54, 1.807) is 25.1 Å². The van der Waals surface area contributed by atoms with Crippen molar-refractivity contribution in [3.8, 4) is 5.82 Å². The lowest BCUT2D eigenvalue weighted by molar-refractivity contribution is 0.0948. The second-order valence-corrected chi connectivity index (χ2v) is 9.03. The number of nitrogens with zero attached hydrogens (tertiary/aromatic N) is 7. The van der Waals surface area contributed by atoms with Crippen LogP contribution in [0.2, 0.25) is 10.0 Å². The van der Waals surface area contributed by atoms with Crippen LogP contribution in [0.15, 0.2) is 52.2 Å². The molecule has 5 rings (SSSR count). The molecule has 0 radical (unpaired) electrons. The number of aryl methyl sites for hydroxylation is 1. The summed E-state index contributed by atoms with van der Waals surface area (Å²) in [5, 5.41) is 20.8. The normalized spacial score (nSPS) is 13.5. The zero-order valence-electron chi connectivity index (χ0n) is 19.2. The number of carbonyl (C=O) groups is 1. The van der Waals surface area contributed by atoms with Crippen molar-refractivity contribution in [1.29, 1.82) is 0 Å². The van der Waals surface area contributed by atoms with Crippen LogP contribution in [0.1, 0.15) is 40.7 Å². The summed E-state index contributed by atoms with van der Waals surface area (Å²) in [5.74, 6) is -0.381. The van der Waals surface area contributed by atoms with Gasteiger partial charge >= 0.3 is 0 Å². The maximum atomic E-state index is 13.2. The molecule has 3 heterocycles. The van der Waals surface area contributed by atoms with E-state index < -0.39 is 5.91 Å². The molecule has 13 heteroatoms. The Kier molecular flexibility index (Phi) is 6.57. The first-order valence-electron chi connectivity index (χ1n) is 11.1. The molecule has 184 valence electrons. The van der Waals surface area contributed by atoms with Crippen LogP contribution in [-0.4, -0.2) is 43.5 Å². The Labute approximate surface area is 215 Å². The second-order valence-electron chi connectivity index (χ2n) is 8.19. The van der Waals surface area contributed by atoms with Crippen LogP contribution in [0.25, 0.3) is 5.82 Å². The van der Waals surface area contributed by atoms with E-state index in [2.05, 4.69) is 48.2 Å². The quantitative estimate of drug-likeness (QED) is 0.287. The van der Waals surface area contributed by atoms with E-state index in [4.69, 9.17) is 33.6 Å². The van der Waals surface area contributed by atoms with Crippen molar-refractivity contribution in [3.63, 3.8) is 0 Å². The number of hydrogen-bond acceptors (Lipinski definition) is 9. The van der Waals surface area contributed by atoms with E-state index in [9.17, 15) is 4.79 Å². The van der Waals surface area contributed by atoms with Gasteiger partial charge in [-0.25, -0.2) is 10.1 Å². The first kappa shape index (κ1) is 23.8. The fraction of sp³-hybridized carbons (Fsp3) is 0.217. The minimum absolute atomic E-state index is 0.0263. The molecule has 0 atom stereocenters. The van der Waals surface area contributed by atoms with Crippen LogP contribution >= 0.6 is 23.2 Å². The maximum Gasteiger partial charge on any atom is 0.293 e. The number of carbonyl (C=O) groups excluding carboxylic acids is 1. The Bertz CT molecular complexity index is 1460. The summed E-state index contributed by atoms with van der Waals surface area (Å²) in [5.41, 5.74) is 12.4. The van der Waals surface area contributed by atoms with Crippen molar-refractivity contribution in [2.75, 3.05) is 17.2 Å². The molecule has 1 amide bonds. The Hall–Kier alpha value is -3.96. The van der Waals surface area contributed by atoms with Crippen LogP contribution in [0.4, 0.5) is 11.5 Å². The van der Waals surface area contributed by atoms with Gasteiger partial charge in [0.05, 0.1) is 23.0 Å². The second kappa shape index (κ2) is 9.96. The number of rotatable bonds is 6. The molecule has 0 bridgehead atoms. The van der Waals surface area contributed by atoms with Crippen LogP contribution in [0.5, 0.6) is 0 Å². The fourth-order valence-electron chi connectivity index (χ4n) is 4.12. The van der Waals surface area contributed by atoms with Gasteiger partial charge in [-0.1, -0.05) is 52.7 Å². The van der Waals surface area contributed by atoms with Crippen LogP contribution in [0, 0.1) is 0 Å². The molecule has 0 saturated carbocycles. The molecule has 0 aliphatic carbocycles. The number of amides is 1. The van der Waals surface area contributed by atoms with Crippen LogP contribution in [0.3, 0.4) is 0 Å². The number of nitrogens with one attached hydrogen (secondary N) is 1. The number of nitrogens with two attached hydrogens (primary N) is 1. The highest BCUT2D eigenvalue weighted by Gasteiger charge is 2.27. The van der Waals surface area contributed by atoms with E-state index >= 15 is 0 Å². The highest BCUT2D eigenvalue weighted by atomic mass is 35.5. The number of benzene rings is 2. The van der Waals surface area contributed by atoms with Crippen molar-refractivity contribution in [2.45, 2.75) is 26.3 Å². The van der Waals surface area contributed by atoms with E-state index in [-0.39, 0.29) is 17.3 Å². The number of anilines is 2. The average Bonchev–Trinajstić information content (AvgIpc) is 3.48. The Morgan fingerprint density at radius 3 is 2.83 bits per heavy atom. The number of hydrogen-bond donors (Lipinski definition) is 2. The summed E-state index contributed by atoms with van der Waals surface area (Å²) >= 11 is 12.2. The van der Waals surface area contributed by atoms with Crippen molar-refractivity contribution in [2.24, 2.45) is 5.10 Å². The standard InChI is InChI=1S/C23H21Cl2N9O2/c1-13(16-9-8-15(24)11-17(16)25)27-29-23(35)20-19(34(32-28-20)22-21(26)30-36-31-22)12-33-10-4-6-14-5-2-3-7-18(14)33/h2-3,5,7-9,11H,4,6,10,12H2,1H3,(H2,26,30)(H,29,35)/b27-13-. The zero-order chi connectivity index (χ0) is 25.2. The van der Waals surface area contributed by atoms with Crippen LogP contribution in [-0.2, 0) is 13.0 Å². The van der Waals surface area contributed by atoms with E-state index in [1.807, 2.05) is 12.1 Å². The summed E-state index contributed by atoms with van der Waals surface area (Å²) in [6.45, 7) is 2.84. The molecule has 0 fully saturated rings. The number of hydrazone groups is 1. The number of nitrogen functional groups attached to an aromatic ring is 1. The molecule has 1 aliphatic rings. The van der Waals surface area contributed by atoms with Gasteiger partial charge in [-0.3, -0.25) is 4.79 Å². The van der Waals surface area contributed by atoms with Gasteiger partial charge in [0.1, 0.15) is 0 Å². The number of fused-ring (bicyclic) bond motifs is 1. The molecular formula is C23H21Cl2N9O2. The summed E-state index contributed by atoms with van der Waals surface area (Å²) < 4.78 is 6.11. The summed E-state index contributed by atoms with van der Waals surface area (Å²) in [6, 6.07) is 13.2. The van der Waals surface area contributed by atoms with Gasteiger partial charge in [-0.2, -0.15) is 9.78 Å². The molecule has 3 N–H and O–H groups in total. The van der Waals surface area contributed by atoms with Crippen molar-refractivity contribution < 1.29 is 9.42 Å². The molecule has 1 aliphatic heterocycles. The van der Waals surface area contributed by atoms with Crippen molar-refractivity contribution in [1.82, 2.24) is 30.7 Å². The molecule has 2 aromatic carbocycles. The molecule has 0 spiro atoms. The van der Waals surface area contributed by atoms with Crippen LogP contribution < -0.4 is 16.1 Å². The average molecular weight is 526 g/mol. The SMILES string of the molecule is C/C(=N/NC(=O)c1nnn(-c2nonc2N)c1CN1CCCc2ccccc21)c1ccc(Cl)cc1Cl. The molecule has 0 saturated heterocycles. The predicted molar refractivity (Wildman–Crippen MR) is 136 cm³/mol. The number of para-hydroxylation sites is 1. The van der Waals surface area contributed by atoms with Gasteiger partial charge in [-0.15, -0.1) is 5.10 Å². The minimum atomic E-state index is -0.555. The predicted octanol–water partition coefficient (Wildman–Crippen LogP) is 3.65. The summed E-state index contributed by atoms with van der Waals surface area (Å²) in [4.78, 5) is 15.4. The summed E-state index contributed by atoms with van der Waals surface area (Å²) in [6.07, 6.45) is 1.96.